The van der Waals surface area contributed by atoms with Crippen molar-refractivity contribution in [3.8, 4) is 11.5 Å². The summed E-state index contributed by atoms with van der Waals surface area (Å²) >= 11 is 0.796. The van der Waals surface area contributed by atoms with Gasteiger partial charge in [0.1, 0.15) is 11.5 Å². The number of ketones is 1. The molecule has 27 heavy (non-hydrogen) atoms. The summed E-state index contributed by atoms with van der Waals surface area (Å²) in [5.74, 6) is 0.348. The lowest BCUT2D eigenvalue weighted by Gasteiger charge is -2.11. The van der Waals surface area contributed by atoms with Gasteiger partial charge in [-0.15, -0.1) is 0 Å². The lowest BCUT2D eigenvalue weighted by molar-refractivity contribution is -0.122. The van der Waals surface area contributed by atoms with Crippen LogP contribution in [0.1, 0.15) is 15.9 Å². The van der Waals surface area contributed by atoms with Gasteiger partial charge < -0.3 is 9.47 Å². The number of hydrogen-bond acceptors (Lipinski definition) is 6. The van der Waals surface area contributed by atoms with E-state index < -0.39 is 11.1 Å². The highest BCUT2D eigenvalue weighted by atomic mass is 32.2. The molecule has 3 rings (SSSR count). The Balaban J connectivity index is 1.84. The summed E-state index contributed by atoms with van der Waals surface area (Å²) in [5.41, 5.74) is 1.06. The van der Waals surface area contributed by atoms with E-state index in [-0.39, 0.29) is 17.2 Å². The molecular weight excluding hydrogens is 366 g/mol. The van der Waals surface area contributed by atoms with Gasteiger partial charge in [0.05, 0.1) is 25.7 Å². The van der Waals surface area contributed by atoms with Crippen molar-refractivity contribution in [3.05, 3.63) is 64.6 Å². The van der Waals surface area contributed by atoms with Gasteiger partial charge in [-0.3, -0.25) is 19.3 Å². The van der Waals surface area contributed by atoms with Gasteiger partial charge in [0.25, 0.3) is 11.1 Å². The van der Waals surface area contributed by atoms with Crippen LogP contribution in [0.2, 0.25) is 0 Å². The van der Waals surface area contributed by atoms with Crippen LogP contribution in [-0.4, -0.2) is 42.6 Å². The molecule has 0 saturated carbocycles. The standard InChI is InChI=1S/C20H17NO5S/c1-25-15-8-9-17(26-2)14(10-15)11-18-19(23)21(20(24)27-18)12-16(22)13-6-4-3-5-7-13/h3-11H,12H2,1-2H3/b18-11+. The van der Waals surface area contributed by atoms with Crippen molar-refractivity contribution in [2.24, 2.45) is 0 Å². The van der Waals surface area contributed by atoms with Crippen molar-refractivity contribution in [3.63, 3.8) is 0 Å². The van der Waals surface area contributed by atoms with Crippen molar-refractivity contribution >= 4 is 34.8 Å². The molecule has 0 aliphatic carbocycles. The van der Waals surface area contributed by atoms with Gasteiger partial charge in [0, 0.05) is 11.1 Å². The lowest BCUT2D eigenvalue weighted by atomic mass is 10.1. The maximum Gasteiger partial charge on any atom is 0.293 e. The highest BCUT2D eigenvalue weighted by Gasteiger charge is 2.36. The fourth-order valence-corrected chi connectivity index (χ4v) is 3.42. The Labute approximate surface area is 160 Å². The van der Waals surface area contributed by atoms with E-state index >= 15 is 0 Å². The first-order valence-corrected chi connectivity index (χ1v) is 8.90. The first kappa shape index (κ1) is 18.7. The molecule has 0 spiro atoms. The zero-order valence-electron chi connectivity index (χ0n) is 14.8. The van der Waals surface area contributed by atoms with Crippen LogP contribution in [0.15, 0.2) is 53.4 Å². The molecule has 0 radical (unpaired) electrons. The number of hydrogen-bond donors (Lipinski definition) is 0. The highest BCUT2D eigenvalue weighted by Crippen LogP contribution is 2.35. The zero-order valence-corrected chi connectivity index (χ0v) is 15.6. The molecular formula is C20H17NO5S. The molecule has 2 aromatic carbocycles. The molecule has 1 aliphatic heterocycles. The molecule has 2 amide bonds. The number of Topliss-reactive ketones (excluding diaryl/α,β-unsaturated/α-hetero) is 1. The third kappa shape index (κ3) is 4.03. The Hall–Kier alpha value is -3.06. The van der Waals surface area contributed by atoms with Gasteiger partial charge in [0.15, 0.2) is 5.78 Å². The lowest BCUT2D eigenvalue weighted by Crippen LogP contribution is -2.33. The number of rotatable bonds is 6. The molecule has 0 unspecified atom stereocenters. The molecule has 6 nitrogen and oxygen atoms in total. The maximum atomic E-state index is 12.6. The second-order valence-electron chi connectivity index (χ2n) is 5.66. The summed E-state index contributed by atoms with van der Waals surface area (Å²) in [6.07, 6.45) is 1.57. The Morgan fingerprint density at radius 3 is 2.48 bits per heavy atom. The Morgan fingerprint density at radius 1 is 1.07 bits per heavy atom. The topological polar surface area (TPSA) is 72.9 Å². The predicted octanol–water partition coefficient (Wildman–Crippen LogP) is 3.62. The number of thioether (sulfide) groups is 1. The second kappa shape index (κ2) is 8.09. The summed E-state index contributed by atoms with van der Waals surface area (Å²) < 4.78 is 10.5. The van der Waals surface area contributed by atoms with Crippen LogP contribution in [0, 0.1) is 0 Å². The molecule has 0 bridgehead atoms. The smallest absolute Gasteiger partial charge is 0.293 e. The molecule has 2 aromatic rings. The van der Waals surface area contributed by atoms with Crippen molar-refractivity contribution in [1.82, 2.24) is 4.90 Å². The third-order valence-electron chi connectivity index (χ3n) is 3.99. The number of carbonyl (C=O) groups excluding carboxylic acids is 3. The number of imide groups is 1. The van der Waals surface area contributed by atoms with Gasteiger partial charge >= 0.3 is 0 Å². The van der Waals surface area contributed by atoms with Gasteiger partial charge in [0.2, 0.25) is 0 Å². The zero-order chi connectivity index (χ0) is 19.4. The fourth-order valence-electron chi connectivity index (χ4n) is 2.59. The van der Waals surface area contributed by atoms with Gasteiger partial charge in [-0.05, 0) is 36.0 Å². The van der Waals surface area contributed by atoms with Crippen molar-refractivity contribution < 1.29 is 23.9 Å². The number of ether oxygens (including phenoxy) is 2. The molecule has 0 aromatic heterocycles. The van der Waals surface area contributed by atoms with Crippen LogP contribution >= 0.6 is 11.8 Å². The fraction of sp³-hybridized carbons (Fsp3) is 0.150. The molecule has 1 aliphatic rings. The number of nitrogens with zero attached hydrogens (tertiary/aromatic N) is 1. The average Bonchev–Trinajstić information content (AvgIpc) is 2.95. The SMILES string of the molecule is COc1ccc(OC)c(/C=C2/SC(=O)N(CC(=O)c3ccccc3)C2=O)c1. The highest BCUT2D eigenvalue weighted by molar-refractivity contribution is 8.18. The quantitative estimate of drug-likeness (QED) is 0.560. The summed E-state index contributed by atoms with van der Waals surface area (Å²) in [6, 6.07) is 13.7. The maximum absolute atomic E-state index is 12.6. The monoisotopic (exact) mass is 383 g/mol. The number of benzene rings is 2. The molecule has 0 N–H and O–H groups in total. The minimum Gasteiger partial charge on any atom is -0.497 e. The Kier molecular flexibility index (Phi) is 5.61. The van der Waals surface area contributed by atoms with Crippen LogP contribution < -0.4 is 9.47 Å². The van der Waals surface area contributed by atoms with Crippen LogP contribution in [0.3, 0.4) is 0 Å². The van der Waals surface area contributed by atoms with Crippen LogP contribution in [-0.2, 0) is 4.79 Å². The van der Waals surface area contributed by atoms with Gasteiger partial charge in [-0.2, -0.15) is 0 Å². The van der Waals surface area contributed by atoms with Crippen LogP contribution in [0.25, 0.3) is 6.08 Å². The molecule has 1 saturated heterocycles. The normalized spacial score (nSPS) is 15.3. The van der Waals surface area contributed by atoms with Crippen LogP contribution in [0.5, 0.6) is 11.5 Å². The van der Waals surface area contributed by atoms with E-state index in [2.05, 4.69) is 0 Å². The van der Waals surface area contributed by atoms with Crippen molar-refractivity contribution in [1.29, 1.82) is 0 Å². The summed E-state index contributed by atoms with van der Waals surface area (Å²) in [5, 5.41) is -0.475. The predicted molar refractivity (Wildman–Crippen MR) is 103 cm³/mol. The first-order chi connectivity index (χ1) is 13.0. The van der Waals surface area contributed by atoms with Crippen molar-refractivity contribution in [2.75, 3.05) is 20.8 Å². The van der Waals surface area contributed by atoms with E-state index in [0.717, 1.165) is 16.7 Å². The van der Waals surface area contributed by atoms with Crippen molar-refractivity contribution in [2.45, 2.75) is 0 Å². The number of amides is 2. The number of carbonyl (C=O) groups is 3. The van der Waals surface area contributed by atoms with E-state index in [4.69, 9.17) is 9.47 Å². The van der Waals surface area contributed by atoms with E-state index in [1.807, 2.05) is 0 Å². The Bertz CT molecular complexity index is 923. The molecule has 138 valence electrons. The van der Waals surface area contributed by atoms with E-state index in [1.54, 1.807) is 54.6 Å². The minimum atomic E-state index is -0.501. The van der Waals surface area contributed by atoms with E-state index in [1.165, 1.54) is 14.2 Å². The van der Waals surface area contributed by atoms with E-state index in [0.29, 0.717) is 22.6 Å². The molecule has 1 heterocycles. The van der Waals surface area contributed by atoms with Gasteiger partial charge in [-0.1, -0.05) is 30.3 Å². The van der Waals surface area contributed by atoms with Gasteiger partial charge in [-0.25, -0.2) is 0 Å². The first-order valence-electron chi connectivity index (χ1n) is 8.09. The Morgan fingerprint density at radius 2 is 1.81 bits per heavy atom. The van der Waals surface area contributed by atoms with E-state index in [9.17, 15) is 14.4 Å². The molecule has 7 heteroatoms. The molecule has 1 fully saturated rings. The summed E-state index contributed by atoms with van der Waals surface area (Å²) in [6.45, 7) is -0.290. The summed E-state index contributed by atoms with van der Waals surface area (Å²) in [7, 11) is 3.05. The minimum absolute atomic E-state index is 0.229. The largest absolute Gasteiger partial charge is 0.497 e. The summed E-state index contributed by atoms with van der Waals surface area (Å²) in [4.78, 5) is 38.4. The van der Waals surface area contributed by atoms with Crippen LogP contribution in [0.4, 0.5) is 4.79 Å². The number of methoxy groups -OCH3 is 2. The average molecular weight is 383 g/mol. The second-order valence-corrected chi connectivity index (χ2v) is 6.66. The molecule has 0 atom stereocenters. The third-order valence-corrected chi connectivity index (χ3v) is 4.90.